The Kier molecular flexibility index (Phi) is 6.34. The number of hydrogen-bond donors (Lipinski definition) is 2. The highest BCUT2D eigenvalue weighted by Gasteiger charge is 2.38. The summed E-state index contributed by atoms with van der Waals surface area (Å²) in [6, 6.07) is 4.12. The van der Waals surface area contributed by atoms with Crippen LogP contribution in [0.5, 0.6) is 0 Å². The molecule has 1 saturated carbocycles. The second-order valence-electron chi connectivity index (χ2n) is 7.26. The van der Waals surface area contributed by atoms with Crippen LogP contribution in [-0.4, -0.2) is 22.4 Å². The fraction of sp³-hybridized carbons (Fsp3) is 0.450. The van der Waals surface area contributed by atoms with Crippen LogP contribution in [-0.2, 0) is 6.18 Å². The van der Waals surface area contributed by atoms with Gasteiger partial charge >= 0.3 is 6.18 Å². The van der Waals surface area contributed by atoms with Crippen LogP contribution >= 0.6 is 0 Å². The number of amides is 1. The molecule has 0 aliphatic heterocycles. The van der Waals surface area contributed by atoms with Crippen molar-refractivity contribution in [3.8, 4) is 0 Å². The van der Waals surface area contributed by atoms with Crippen LogP contribution in [0.2, 0.25) is 0 Å². The molecule has 1 fully saturated rings. The lowest BCUT2D eigenvalue weighted by Gasteiger charge is -2.22. The molecule has 3 rings (SSSR count). The summed E-state index contributed by atoms with van der Waals surface area (Å²) in [5, 5.41) is 5.12. The molecule has 9 heteroatoms. The number of halogens is 4. The molecule has 1 aromatic carbocycles. The quantitative estimate of drug-likeness (QED) is 0.681. The van der Waals surface area contributed by atoms with E-state index >= 15 is 0 Å². The first-order valence-corrected chi connectivity index (χ1v) is 9.49. The van der Waals surface area contributed by atoms with E-state index in [4.69, 9.17) is 0 Å². The third-order valence-electron chi connectivity index (χ3n) is 5.01. The van der Waals surface area contributed by atoms with E-state index in [0.717, 1.165) is 44.4 Å². The molecular weight excluding hydrogens is 388 g/mol. The van der Waals surface area contributed by atoms with Gasteiger partial charge in [-0.2, -0.15) is 13.2 Å². The van der Waals surface area contributed by atoms with Crippen molar-refractivity contribution >= 4 is 17.5 Å². The summed E-state index contributed by atoms with van der Waals surface area (Å²) < 4.78 is 54.1. The molecule has 0 spiro atoms. The van der Waals surface area contributed by atoms with Gasteiger partial charge in [0, 0.05) is 18.4 Å². The maximum absolute atomic E-state index is 13.6. The summed E-state index contributed by atoms with van der Waals surface area (Å²) in [6.45, 7) is 1.90. The normalized spacial score (nSPS) is 15.2. The van der Waals surface area contributed by atoms with E-state index in [9.17, 15) is 22.4 Å². The van der Waals surface area contributed by atoms with Gasteiger partial charge in [-0.3, -0.25) is 4.79 Å². The molecule has 1 aromatic heterocycles. The third kappa shape index (κ3) is 5.42. The molecule has 1 heterocycles. The van der Waals surface area contributed by atoms with E-state index in [1.165, 1.54) is 12.1 Å². The number of carbonyl (C=O) groups is 1. The van der Waals surface area contributed by atoms with E-state index in [1.54, 1.807) is 6.92 Å². The van der Waals surface area contributed by atoms with Crippen molar-refractivity contribution in [2.75, 3.05) is 11.9 Å². The highest BCUT2D eigenvalue weighted by Crippen LogP contribution is 2.31. The van der Waals surface area contributed by atoms with Gasteiger partial charge in [-0.25, -0.2) is 14.4 Å². The second-order valence-corrected chi connectivity index (χ2v) is 7.26. The lowest BCUT2D eigenvalue weighted by Crippen LogP contribution is -2.32. The van der Waals surface area contributed by atoms with Gasteiger partial charge in [-0.05, 0) is 43.4 Å². The average molecular weight is 410 g/mol. The maximum atomic E-state index is 13.6. The SMILES string of the molecule is Cc1ccc(Nc2ncc(C(=O)NCC3CCCCC3)c(C(F)(F)F)n2)cc1F. The van der Waals surface area contributed by atoms with Gasteiger partial charge in [-0.1, -0.05) is 25.3 Å². The molecule has 1 aliphatic rings. The molecule has 1 amide bonds. The molecule has 1 aliphatic carbocycles. The number of hydrogen-bond acceptors (Lipinski definition) is 4. The Balaban J connectivity index is 1.78. The Morgan fingerprint density at radius 3 is 2.59 bits per heavy atom. The van der Waals surface area contributed by atoms with Gasteiger partial charge in [0.2, 0.25) is 5.95 Å². The Hall–Kier alpha value is -2.71. The minimum absolute atomic E-state index is 0.204. The number of carbonyl (C=O) groups excluding carboxylic acids is 1. The predicted molar refractivity (Wildman–Crippen MR) is 100 cm³/mol. The number of rotatable bonds is 5. The molecule has 0 saturated heterocycles. The topological polar surface area (TPSA) is 66.9 Å². The van der Waals surface area contributed by atoms with Crippen LogP contribution in [0.3, 0.4) is 0 Å². The predicted octanol–water partition coefficient (Wildman–Crippen LogP) is 5.00. The first-order valence-electron chi connectivity index (χ1n) is 9.49. The van der Waals surface area contributed by atoms with Gasteiger partial charge in [0.15, 0.2) is 5.69 Å². The first kappa shape index (κ1) is 21.0. The zero-order valence-electron chi connectivity index (χ0n) is 15.9. The number of alkyl halides is 3. The van der Waals surface area contributed by atoms with Crippen molar-refractivity contribution in [2.24, 2.45) is 5.92 Å². The van der Waals surface area contributed by atoms with Crippen LogP contribution in [0.15, 0.2) is 24.4 Å². The van der Waals surface area contributed by atoms with Gasteiger partial charge in [0.1, 0.15) is 5.82 Å². The highest BCUT2D eigenvalue weighted by molar-refractivity contribution is 5.95. The van der Waals surface area contributed by atoms with Crippen LogP contribution in [0.1, 0.15) is 53.7 Å². The minimum Gasteiger partial charge on any atom is -0.352 e. The molecule has 2 N–H and O–H groups in total. The Morgan fingerprint density at radius 2 is 1.93 bits per heavy atom. The molecule has 2 aromatic rings. The number of anilines is 2. The summed E-state index contributed by atoms with van der Waals surface area (Å²) in [4.78, 5) is 19.6. The van der Waals surface area contributed by atoms with Crippen LogP contribution in [0.4, 0.5) is 29.2 Å². The number of nitrogens with zero attached hydrogens (tertiary/aromatic N) is 2. The lowest BCUT2D eigenvalue weighted by atomic mass is 9.89. The summed E-state index contributed by atoms with van der Waals surface area (Å²) in [5.41, 5.74) is -1.36. The van der Waals surface area contributed by atoms with Gasteiger partial charge in [-0.15, -0.1) is 0 Å². The molecule has 156 valence electrons. The zero-order valence-corrected chi connectivity index (χ0v) is 15.9. The van der Waals surface area contributed by atoms with Crippen molar-refractivity contribution in [3.05, 3.63) is 47.0 Å². The van der Waals surface area contributed by atoms with Crippen LogP contribution in [0.25, 0.3) is 0 Å². The smallest absolute Gasteiger partial charge is 0.352 e. The fourth-order valence-corrected chi connectivity index (χ4v) is 3.35. The molecule has 0 unspecified atom stereocenters. The van der Waals surface area contributed by atoms with E-state index in [0.29, 0.717) is 12.1 Å². The Labute approximate surface area is 165 Å². The number of benzene rings is 1. The summed E-state index contributed by atoms with van der Waals surface area (Å²) >= 11 is 0. The van der Waals surface area contributed by atoms with E-state index in [-0.39, 0.29) is 17.6 Å². The number of aromatic nitrogens is 2. The molecular formula is C20H22F4N4O. The van der Waals surface area contributed by atoms with E-state index in [2.05, 4.69) is 20.6 Å². The van der Waals surface area contributed by atoms with Crippen molar-refractivity contribution in [3.63, 3.8) is 0 Å². The Bertz CT molecular complexity index is 879. The van der Waals surface area contributed by atoms with Crippen LogP contribution < -0.4 is 10.6 Å². The molecule has 0 radical (unpaired) electrons. The molecule has 29 heavy (non-hydrogen) atoms. The van der Waals surface area contributed by atoms with Crippen molar-refractivity contribution < 1.29 is 22.4 Å². The fourth-order valence-electron chi connectivity index (χ4n) is 3.35. The average Bonchev–Trinajstić information content (AvgIpc) is 2.69. The maximum Gasteiger partial charge on any atom is 0.434 e. The largest absolute Gasteiger partial charge is 0.434 e. The van der Waals surface area contributed by atoms with E-state index in [1.807, 2.05) is 0 Å². The number of nitrogens with one attached hydrogen (secondary N) is 2. The summed E-state index contributed by atoms with van der Waals surface area (Å²) in [7, 11) is 0. The second kappa shape index (κ2) is 8.75. The monoisotopic (exact) mass is 410 g/mol. The lowest BCUT2D eigenvalue weighted by molar-refractivity contribution is -0.141. The number of aryl methyl sites for hydroxylation is 1. The van der Waals surface area contributed by atoms with Gasteiger partial charge < -0.3 is 10.6 Å². The van der Waals surface area contributed by atoms with Crippen molar-refractivity contribution in [1.29, 1.82) is 0 Å². The minimum atomic E-state index is -4.84. The van der Waals surface area contributed by atoms with E-state index < -0.39 is 29.2 Å². The first-order chi connectivity index (χ1) is 13.7. The third-order valence-corrected chi connectivity index (χ3v) is 5.01. The highest BCUT2D eigenvalue weighted by atomic mass is 19.4. The summed E-state index contributed by atoms with van der Waals surface area (Å²) in [6.07, 6.45) is 1.21. The van der Waals surface area contributed by atoms with Crippen molar-refractivity contribution in [2.45, 2.75) is 45.2 Å². The van der Waals surface area contributed by atoms with Crippen molar-refractivity contribution in [1.82, 2.24) is 15.3 Å². The molecule has 0 atom stereocenters. The zero-order chi connectivity index (χ0) is 21.0. The van der Waals surface area contributed by atoms with Gasteiger partial charge in [0.05, 0.1) is 5.56 Å². The van der Waals surface area contributed by atoms with Gasteiger partial charge in [0.25, 0.3) is 5.91 Å². The molecule has 5 nitrogen and oxygen atoms in total. The standard InChI is InChI=1S/C20H22F4N4O/c1-12-7-8-14(9-16(12)21)27-19-26-11-15(17(28-19)20(22,23)24)18(29)25-10-13-5-3-2-4-6-13/h7-9,11,13H,2-6,10H2,1H3,(H,25,29)(H,26,27,28). The molecule has 0 bridgehead atoms. The Morgan fingerprint density at radius 1 is 1.21 bits per heavy atom. The summed E-state index contributed by atoms with van der Waals surface area (Å²) in [5.74, 6) is -1.45. The van der Waals surface area contributed by atoms with Crippen LogP contribution in [0, 0.1) is 18.7 Å².